The van der Waals surface area contributed by atoms with Crippen molar-refractivity contribution in [2.24, 2.45) is 0 Å². The van der Waals surface area contributed by atoms with Gasteiger partial charge in [-0.1, -0.05) is 42.1 Å². The van der Waals surface area contributed by atoms with Crippen molar-refractivity contribution in [3.63, 3.8) is 0 Å². The number of aromatic hydroxyl groups is 1. The van der Waals surface area contributed by atoms with Crippen molar-refractivity contribution in [2.45, 2.75) is 54.3 Å². The second kappa shape index (κ2) is 14.8. The minimum Gasteiger partial charge on any atom is -0.507 e. The van der Waals surface area contributed by atoms with Gasteiger partial charge in [0.2, 0.25) is 0 Å². The molecule has 10 nitrogen and oxygen atoms in total. The Morgan fingerprint density at radius 3 is 2.63 bits per heavy atom. The van der Waals surface area contributed by atoms with E-state index < -0.39 is 5.82 Å². The largest absolute Gasteiger partial charge is 0.507 e. The molecule has 1 aliphatic heterocycles. The lowest BCUT2D eigenvalue weighted by atomic mass is 10.1. The Morgan fingerprint density at radius 2 is 1.80 bits per heavy atom. The number of likely N-dealkylation sites (tertiary alicyclic amines) is 1. The normalized spacial score (nSPS) is 13.6. The number of halogens is 1. The zero-order chi connectivity index (χ0) is 35.5. The molecule has 3 aromatic heterocycles. The Labute approximate surface area is 304 Å². The fourth-order valence-electron chi connectivity index (χ4n) is 6.07. The minimum atomic E-state index is -0.480. The number of phenols is 1. The quantitative estimate of drug-likeness (QED) is 0.123. The molecule has 3 N–H and O–H groups in total. The van der Waals surface area contributed by atoms with Crippen LogP contribution in [0.3, 0.4) is 0 Å². The summed E-state index contributed by atoms with van der Waals surface area (Å²) in [5, 5.41) is 29.8. The molecule has 51 heavy (non-hydrogen) atoms. The van der Waals surface area contributed by atoms with Crippen LogP contribution in [0.15, 0.2) is 101 Å². The molecule has 7 rings (SSSR count). The Kier molecular flexibility index (Phi) is 10.0. The number of nitrogens with zero attached hydrogens (tertiary/aromatic N) is 6. The first-order chi connectivity index (χ1) is 24.7. The highest BCUT2D eigenvalue weighted by Crippen LogP contribution is 2.36. The molecule has 2 amide bonds. The Bertz CT molecular complexity index is 2190. The molecule has 0 aliphatic carbocycles. The molecule has 0 atom stereocenters. The third kappa shape index (κ3) is 7.75. The number of carbonyl (C=O) groups is 1. The zero-order valence-corrected chi connectivity index (χ0v) is 30.3. The molecule has 1 saturated heterocycles. The summed E-state index contributed by atoms with van der Waals surface area (Å²) in [6, 6.07) is 25.3. The number of anilines is 1. The predicted octanol–water partition coefficient (Wildman–Crippen LogP) is 8.09. The van der Waals surface area contributed by atoms with Crippen LogP contribution in [0.25, 0.3) is 22.7 Å². The molecule has 0 saturated carbocycles. The van der Waals surface area contributed by atoms with E-state index >= 15 is 0 Å². The number of urea groups is 1. The van der Waals surface area contributed by atoms with Crippen LogP contribution < -0.4 is 10.6 Å². The van der Waals surface area contributed by atoms with Gasteiger partial charge in [0, 0.05) is 35.1 Å². The first kappa shape index (κ1) is 34.6. The second-order valence-electron chi connectivity index (χ2n) is 13.0. The Morgan fingerprint density at radius 1 is 0.980 bits per heavy atom. The van der Waals surface area contributed by atoms with Crippen LogP contribution in [0.2, 0.25) is 0 Å². The van der Waals surface area contributed by atoms with E-state index in [1.807, 2.05) is 65.5 Å². The van der Waals surface area contributed by atoms with Gasteiger partial charge in [0.1, 0.15) is 17.4 Å². The maximum Gasteiger partial charge on any atom is 0.320 e. The number of thioether (sulfide) groups is 1. The van der Waals surface area contributed by atoms with Gasteiger partial charge in [-0.15, -0.1) is 10.2 Å². The summed E-state index contributed by atoms with van der Waals surface area (Å²) in [5.41, 5.74) is 4.72. The van der Waals surface area contributed by atoms with E-state index in [0.29, 0.717) is 17.3 Å². The van der Waals surface area contributed by atoms with E-state index in [9.17, 15) is 14.3 Å². The maximum atomic E-state index is 14.0. The molecule has 0 spiro atoms. The highest BCUT2D eigenvalue weighted by atomic mass is 32.2. The Hall–Kier alpha value is -4.85. The summed E-state index contributed by atoms with van der Waals surface area (Å²) < 4.78 is 17.3. The van der Waals surface area contributed by atoms with E-state index in [-0.39, 0.29) is 28.6 Å². The van der Waals surface area contributed by atoms with Crippen molar-refractivity contribution in [3.05, 3.63) is 114 Å². The van der Waals surface area contributed by atoms with E-state index in [2.05, 4.69) is 58.0 Å². The molecular formula is C38H39FN8O2S2. The third-order valence-corrected chi connectivity index (χ3v) is 11.4. The van der Waals surface area contributed by atoms with Crippen molar-refractivity contribution in [2.75, 3.05) is 24.7 Å². The molecule has 4 heterocycles. The number of hydrogen-bond acceptors (Lipinski definition) is 8. The van der Waals surface area contributed by atoms with Gasteiger partial charge < -0.3 is 10.4 Å². The topological polar surface area (TPSA) is 113 Å². The van der Waals surface area contributed by atoms with Gasteiger partial charge in [-0.05, 0) is 106 Å². The number of hydrogen-bond donors (Lipinski definition) is 3. The number of carbonyl (C=O) groups excluding carboxylic acids is 1. The lowest BCUT2D eigenvalue weighted by Crippen LogP contribution is -2.29. The molecule has 3 aromatic carbocycles. The summed E-state index contributed by atoms with van der Waals surface area (Å²) in [4.78, 5) is 17.7. The number of fused-ring (bicyclic) bond motifs is 1. The predicted molar refractivity (Wildman–Crippen MR) is 201 cm³/mol. The number of nitrogens with one attached hydrogen (secondary N) is 2. The first-order valence-corrected chi connectivity index (χ1v) is 18.8. The second-order valence-corrected chi connectivity index (χ2v) is 15.5. The molecule has 0 bridgehead atoms. The highest BCUT2D eigenvalue weighted by molar-refractivity contribution is 7.99. The van der Waals surface area contributed by atoms with Crippen LogP contribution in [0, 0.1) is 5.82 Å². The monoisotopic (exact) mass is 722 g/mol. The number of aromatic nitrogens is 5. The molecule has 1 aliphatic rings. The van der Waals surface area contributed by atoms with Crippen molar-refractivity contribution in [1.82, 2.24) is 34.6 Å². The molecule has 13 heteroatoms. The van der Waals surface area contributed by atoms with Gasteiger partial charge in [-0.3, -0.25) is 14.6 Å². The average Bonchev–Trinajstić information content (AvgIpc) is 3.90. The first-order valence-electron chi connectivity index (χ1n) is 16.8. The standard InChI is InChI=1S/C38H39FN8O2S2/c1-38(2,50-3)33-21-35(47(44-33)28-11-8-9-25(19-28)23-45-17-6-7-18-45)41-37(49)40-22-26-10-4-5-12-32(26)51-29-14-16-34-42-43-36(46(34)24-29)30-20-27(39)13-15-31(30)48/h4-5,8-16,19-21,24,48H,6-7,17-18,22-23H2,1-3H3,(H2,40,41,49). The van der Waals surface area contributed by atoms with Crippen molar-refractivity contribution < 1.29 is 14.3 Å². The van der Waals surface area contributed by atoms with Crippen LogP contribution >= 0.6 is 23.5 Å². The number of phenolic OH excluding ortho intramolecular Hbond substituents is 1. The van der Waals surface area contributed by atoms with Crippen LogP contribution in [0.4, 0.5) is 15.0 Å². The Balaban J connectivity index is 1.08. The SMILES string of the molecule is CSC(C)(C)c1cc(NC(=O)NCc2ccccc2Sc2ccc3nnc(-c4cc(F)ccc4O)n3c2)n(-c2cccc(CN3CCCC3)c2)n1. The van der Waals surface area contributed by atoms with Gasteiger partial charge in [0.05, 0.1) is 21.7 Å². The summed E-state index contributed by atoms with van der Waals surface area (Å²) >= 11 is 3.22. The summed E-state index contributed by atoms with van der Waals surface area (Å²) in [6.45, 7) is 7.66. The van der Waals surface area contributed by atoms with Crippen LogP contribution in [-0.4, -0.2) is 59.8 Å². The van der Waals surface area contributed by atoms with Gasteiger partial charge in [-0.2, -0.15) is 16.9 Å². The van der Waals surface area contributed by atoms with Crippen LogP contribution in [0.1, 0.15) is 43.5 Å². The molecule has 0 radical (unpaired) electrons. The summed E-state index contributed by atoms with van der Waals surface area (Å²) in [6.07, 6.45) is 6.39. The average molecular weight is 723 g/mol. The highest BCUT2D eigenvalue weighted by Gasteiger charge is 2.25. The van der Waals surface area contributed by atoms with E-state index in [4.69, 9.17) is 5.10 Å². The molecule has 0 unspecified atom stereocenters. The van der Waals surface area contributed by atoms with Gasteiger partial charge in [-0.25, -0.2) is 13.9 Å². The minimum absolute atomic E-state index is 0.0864. The molecule has 1 fully saturated rings. The fourth-order valence-corrected chi connectivity index (χ4v) is 7.34. The van der Waals surface area contributed by atoms with E-state index in [1.54, 1.807) is 16.2 Å². The van der Waals surface area contributed by atoms with Gasteiger partial charge in [0.15, 0.2) is 11.5 Å². The number of rotatable bonds is 11. The molecule has 262 valence electrons. The molecule has 6 aromatic rings. The lowest BCUT2D eigenvalue weighted by Gasteiger charge is -2.18. The van der Waals surface area contributed by atoms with Gasteiger partial charge in [0.25, 0.3) is 0 Å². The number of amides is 2. The summed E-state index contributed by atoms with van der Waals surface area (Å²) in [7, 11) is 0. The molecular weight excluding hydrogens is 684 g/mol. The smallest absolute Gasteiger partial charge is 0.320 e. The maximum absolute atomic E-state index is 14.0. The number of benzene rings is 3. The van der Waals surface area contributed by atoms with Crippen molar-refractivity contribution >= 4 is 41.0 Å². The van der Waals surface area contributed by atoms with Crippen LogP contribution in [-0.2, 0) is 17.8 Å². The zero-order valence-electron chi connectivity index (χ0n) is 28.6. The van der Waals surface area contributed by atoms with E-state index in [0.717, 1.165) is 46.4 Å². The van der Waals surface area contributed by atoms with Crippen molar-refractivity contribution in [1.29, 1.82) is 0 Å². The fraction of sp³-hybridized carbons (Fsp3) is 0.263. The van der Waals surface area contributed by atoms with E-state index in [1.165, 1.54) is 48.4 Å². The third-order valence-electron chi connectivity index (χ3n) is 9.05. The lowest BCUT2D eigenvalue weighted by molar-refractivity contribution is 0.251. The summed E-state index contributed by atoms with van der Waals surface area (Å²) in [5.74, 6) is 0.355. The van der Waals surface area contributed by atoms with Gasteiger partial charge >= 0.3 is 6.03 Å². The number of pyridine rings is 1. The van der Waals surface area contributed by atoms with Crippen molar-refractivity contribution in [3.8, 4) is 22.8 Å². The van der Waals surface area contributed by atoms with Crippen LogP contribution in [0.5, 0.6) is 5.75 Å².